The van der Waals surface area contributed by atoms with Crippen LogP contribution in [0.15, 0.2) is 0 Å². The van der Waals surface area contributed by atoms with E-state index in [9.17, 15) is 4.79 Å². The summed E-state index contributed by atoms with van der Waals surface area (Å²) in [5, 5.41) is 3.66. The Morgan fingerprint density at radius 1 is 1.15 bits per heavy atom. The van der Waals surface area contributed by atoms with Crippen LogP contribution >= 0.6 is 0 Å². The normalized spacial score (nSPS) is 31.4. The van der Waals surface area contributed by atoms with Gasteiger partial charge in [-0.1, -0.05) is 39.0 Å². The fraction of sp³-hybridized carbons (Fsp3) is 0.941. The van der Waals surface area contributed by atoms with E-state index in [2.05, 4.69) is 17.1 Å². The van der Waals surface area contributed by atoms with E-state index in [1.807, 2.05) is 0 Å². The summed E-state index contributed by atoms with van der Waals surface area (Å²) in [5.74, 6) is 2.08. The van der Waals surface area contributed by atoms with Crippen molar-refractivity contribution in [3.8, 4) is 0 Å². The van der Waals surface area contributed by atoms with E-state index in [0.717, 1.165) is 25.3 Å². The average molecular weight is 278 g/mol. The quantitative estimate of drug-likeness (QED) is 0.775. The predicted octanol–water partition coefficient (Wildman–Crippen LogP) is 3.29. The highest BCUT2D eigenvalue weighted by molar-refractivity contribution is 5.84. The van der Waals surface area contributed by atoms with E-state index < -0.39 is 0 Å². The fourth-order valence-corrected chi connectivity index (χ4v) is 4.07. The van der Waals surface area contributed by atoms with E-state index in [-0.39, 0.29) is 6.04 Å². The summed E-state index contributed by atoms with van der Waals surface area (Å²) < 4.78 is 0. The summed E-state index contributed by atoms with van der Waals surface area (Å²) in [6.07, 6.45) is 13.2. The first-order chi connectivity index (χ1) is 9.79. The molecule has 0 aromatic heterocycles. The topological polar surface area (TPSA) is 32.3 Å². The smallest absolute Gasteiger partial charge is 0.241 e. The third kappa shape index (κ3) is 3.19. The second-order valence-corrected chi connectivity index (χ2v) is 7.11. The zero-order valence-corrected chi connectivity index (χ0v) is 12.9. The summed E-state index contributed by atoms with van der Waals surface area (Å²) >= 11 is 0. The van der Waals surface area contributed by atoms with Crippen LogP contribution in [0, 0.1) is 11.8 Å². The van der Waals surface area contributed by atoms with Crippen LogP contribution in [0.3, 0.4) is 0 Å². The third-order valence-electron chi connectivity index (χ3n) is 5.42. The molecule has 2 saturated carbocycles. The van der Waals surface area contributed by atoms with Crippen LogP contribution in [0.4, 0.5) is 0 Å². The van der Waals surface area contributed by atoms with Gasteiger partial charge in [0.15, 0.2) is 0 Å². The van der Waals surface area contributed by atoms with Gasteiger partial charge in [-0.15, -0.1) is 0 Å². The van der Waals surface area contributed by atoms with E-state index in [1.54, 1.807) is 0 Å². The molecule has 0 aromatic carbocycles. The molecule has 1 N–H and O–H groups in total. The summed E-state index contributed by atoms with van der Waals surface area (Å²) in [6.45, 7) is 3.17. The van der Waals surface area contributed by atoms with Crippen molar-refractivity contribution < 1.29 is 4.79 Å². The van der Waals surface area contributed by atoms with Crippen LogP contribution in [-0.4, -0.2) is 29.6 Å². The van der Waals surface area contributed by atoms with Crippen LogP contribution in [0.25, 0.3) is 0 Å². The average Bonchev–Trinajstić information content (AvgIpc) is 3.00. The molecule has 3 nitrogen and oxygen atoms in total. The van der Waals surface area contributed by atoms with Gasteiger partial charge in [0, 0.05) is 6.54 Å². The maximum Gasteiger partial charge on any atom is 0.241 e. The Morgan fingerprint density at radius 2 is 1.90 bits per heavy atom. The number of nitrogens with zero attached hydrogens (tertiary/aromatic N) is 1. The monoisotopic (exact) mass is 278 g/mol. The number of hydrogen-bond donors (Lipinski definition) is 1. The molecule has 3 fully saturated rings. The lowest BCUT2D eigenvalue weighted by Crippen LogP contribution is -2.43. The summed E-state index contributed by atoms with van der Waals surface area (Å²) in [5.41, 5.74) is 0. The van der Waals surface area contributed by atoms with Crippen molar-refractivity contribution in [2.75, 3.05) is 6.54 Å². The van der Waals surface area contributed by atoms with Gasteiger partial charge in [0.25, 0.3) is 0 Å². The first-order valence-corrected chi connectivity index (χ1v) is 8.86. The molecule has 0 radical (unpaired) electrons. The Hall–Kier alpha value is -0.570. The van der Waals surface area contributed by atoms with Crippen LogP contribution in [0.1, 0.15) is 71.1 Å². The largest absolute Gasteiger partial charge is 0.326 e. The molecule has 20 heavy (non-hydrogen) atoms. The maximum atomic E-state index is 12.6. The van der Waals surface area contributed by atoms with Crippen molar-refractivity contribution >= 4 is 5.91 Å². The Labute approximate surface area is 123 Å². The van der Waals surface area contributed by atoms with Gasteiger partial charge in [0.1, 0.15) is 0 Å². The van der Waals surface area contributed by atoms with Crippen molar-refractivity contribution in [2.45, 2.75) is 83.3 Å². The van der Waals surface area contributed by atoms with Crippen molar-refractivity contribution in [1.29, 1.82) is 0 Å². The molecule has 2 atom stereocenters. The molecule has 1 aliphatic heterocycles. The molecule has 1 heterocycles. The molecule has 0 bridgehead atoms. The minimum absolute atomic E-state index is 0.103. The molecule has 114 valence electrons. The van der Waals surface area contributed by atoms with Gasteiger partial charge in [0.05, 0.1) is 12.2 Å². The standard InChI is InChI=1S/C17H30N2O/c1-2-6-15-17(20)19(12-5-7-13-10-11-13)16(18-15)14-8-3-4-9-14/h13-16,18H,2-12H2,1H3. The predicted molar refractivity (Wildman–Crippen MR) is 81.2 cm³/mol. The van der Waals surface area contributed by atoms with E-state index in [0.29, 0.717) is 18.0 Å². The highest BCUT2D eigenvalue weighted by Crippen LogP contribution is 2.35. The summed E-state index contributed by atoms with van der Waals surface area (Å²) in [7, 11) is 0. The van der Waals surface area contributed by atoms with Gasteiger partial charge in [-0.3, -0.25) is 10.1 Å². The number of carbonyl (C=O) groups is 1. The van der Waals surface area contributed by atoms with Gasteiger partial charge < -0.3 is 4.90 Å². The number of carbonyl (C=O) groups excluding carboxylic acids is 1. The minimum atomic E-state index is 0.103. The second kappa shape index (κ2) is 6.46. The lowest BCUT2D eigenvalue weighted by atomic mass is 10.0. The molecule has 1 saturated heterocycles. The molecule has 0 aromatic rings. The van der Waals surface area contributed by atoms with Crippen molar-refractivity contribution in [1.82, 2.24) is 10.2 Å². The SMILES string of the molecule is CCCC1NC(C2CCCC2)N(CCCC2CC2)C1=O. The van der Waals surface area contributed by atoms with Gasteiger partial charge in [0.2, 0.25) is 5.91 Å². The fourth-order valence-electron chi connectivity index (χ4n) is 4.07. The molecule has 1 amide bonds. The molecule has 3 heteroatoms. The molecule has 3 rings (SSSR count). The Bertz CT molecular complexity index is 334. The number of nitrogens with one attached hydrogen (secondary N) is 1. The van der Waals surface area contributed by atoms with Crippen LogP contribution < -0.4 is 5.32 Å². The molecule has 3 aliphatic rings. The van der Waals surface area contributed by atoms with Crippen LogP contribution in [0.2, 0.25) is 0 Å². The number of amides is 1. The first-order valence-electron chi connectivity index (χ1n) is 8.86. The highest BCUT2D eigenvalue weighted by atomic mass is 16.2. The molecule has 2 unspecified atom stereocenters. The molecular formula is C17H30N2O. The second-order valence-electron chi connectivity index (χ2n) is 7.11. The Morgan fingerprint density at radius 3 is 2.55 bits per heavy atom. The molecule has 2 aliphatic carbocycles. The van der Waals surface area contributed by atoms with Gasteiger partial charge >= 0.3 is 0 Å². The lowest BCUT2D eigenvalue weighted by Gasteiger charge is -2.29. The summed E-state index contributed by atoms with van der Waals surface area (Å²) in [4.78, 5) is 14.8. The summed E-state index contributed by atoms with van der Waals surface area (Å²) in [6, 6.07) is 0.103. The Balaban J connectivity index is 1.59. The van der Waals surface area contributed by atoms with Gasteiger partial charge in [-0.05, 0) is 43.9 Å². The van der Waals surface area contributed by atoms with Crippen LogP contribution in [-0.2, 0) is 4.79 Å². The van der Waals surface area contributed by atoms with E-state index in [1.165, 1.54) is 51.4 Å². The maximum absolute atomic E-state index is 12.6. The van der Waals surface area contributed by atoms with E-state index >= 15 is 0 Å². The lowest BCUT2D eigenvalue weighted by molar-refractivity contribution is -0.130. The van der Waals surface area contributed by atoms with E-state index in [4.69, 9.17) is 0 Å². The Kier molecular flexibility index (Phi) is 4.65. The van der Waals surface area contributed by atoms with Crippen LogP contribution in [0.5, 0.6) is 0 Å². The van der Waals surface area contributed by atoms with Gasteiger partial charge in [-0.25, -0.2) is 0 Å². The van der Waals surface area contributed by atoms with Crippen molar-refractivity contribution in [3.05, 3.63) is 0 Å². The number of rotatable bonds is 7. The third-order valence-corrected chi connectivity index (χ3v) is 5.42. The van der Waals surface area contributed by atoms with Crippen molar-refractivity contribution in [3.63, 3.8) is 0 Å². The van der Waals surface area contributed by atoms with Crippen molar-refractivity contribution in [2.24, 2.45) is 11.8 Å². The van der Waals surface area contributed by atoms with Gasteiger partial charge in [-0.2, -0.15) is 0 Å². The number of hydrogen-bond acceptors (Lipinski definition) is 2. The minimum Gasteiger partial charge on any atom is -0.326 e. The zero-order valence-electron chi connectivity index (χ0n) is 12.9. The molecular weight excluding hydrogens is 248 g/mol. The first kappa shape index (κ1) is 14.4. The zero-order chi connectivity index (χ0) is 13.9. The highest BCUT2D eigenvalue weighted by Gasteiger charge is 2.42. The molecule has 0 spiro atoms.